The van der Waals surface area contributed by atoms with Crippen LogP contribution in [0.4, 0.5) is 0 Å². The molecule has 4 nitrogen and oxygen atoms in total. The van der Waals surface area contributed by atoms with Gasteiger partial charge in [-0.2, -0.15) is 0 Å². The average Bonchev–Trinajstić information content (AvgIpc) is 3.33. The maximum Gasteiger partial charge on any atom is 0.227 e. The SMILES string of the molecule is C[C@@H](c1cccnc1)N(C(=O)Cc1cccc(O)c1)C1CC1. The molecule has 1 aromatic carbocycles. The van der Waals surface area contributed by atoms with Gasteiger partial charge in [-0.25, -0.2) is 0 Å². The van der Waals surface area contributed by atoms with Gasteiger partial charge >= 0.3 is 0 Å². The number of aromatic hydroxyl groups is 1. The monoisotopic (exact) mass is 296 g/mol. The lowest BCUT2D eigenvalue weighted by Crippen LogP contribution is -2.36. The van der Waals surface area contributed by atoms with Crippen molar-refractivity contribution in [1.29, 1.82) is 0 Å². The van der Waals surface area contributed by atoms with Crippen LogP contribution in [0.15, 0.2) is 48.8 Å². The summed E-state index contributed by atoms with van der Waals surface area (Å²) in [7, 11) is 0. The predicted molar refractivity (Wildman–Crippen MR) is 84.3 cm³/mol. The molecule has 1 amide bonds. The first-order valence-corrected chi connectivity index (χ1v) is 7.64. The molecule has 114 valence electrons. The Morgan fingerprint density at radius 3 is 2.82 bits per heavy atom. The highest BCUT2D eigenvalue weighted by Crippen LogP contribution is 2.34. The summed E-state index contributed by atoms with van der Waals surface area (Å²) in [4.78, 5) is 18.9. The molecule has 2 aromatic rings. The Morgan fingerprint density at radius 2 is 2.18 bits per heavy atom. The first-order chi connectivity index (χ1) is 10.6. The molecule has 0 bridgehead atoms. The van der Waals surface area contributed by atoms with Crippen LogP contribution in [0.1, 0.15) is 36.9 Å². The lowest BCUT2D eigenvalue weighted by Gasteiger charge is -2.29. The summed E-state index contributed by atoms with van der Waals surface area (Å²) in [6.45, 7) is 2.05. The van der Waals surface area contributed by atoms with Crippen molar-refractivity contribution in [2.24, 2.45) is 0 Å². The smallest absolute Gasteiger partial charge is 0.227 e. The summed E-state index contributed by atoms with van der Waals surface area (Å²) < 4.78 is 0. The van der Waals surface area contributed by atoms with Crippen LogP contribution >= 0.6 is 0 Å². The molecule has 4 heteroatoms. The van der Waals surface area contributed by atoms with E-state index in [0.717, 1.165) is 24.0 Å². The fraction of sp³-hybridized carbons (Fsp3) is 0.333. The molecule has 0 radical (unpaired) electrons. The number of aromatic nitrogens is 1. The fourth-order valence-corrected chi connectivity index (χ4v) is 2.80. The van der Waals surface area contributed by atoms with E-state index >= 15 is 0 Å². The van der Waals surface area contributed by atoms with E-state index in [4.69, 9.17) is 0 Å². The molecule has 0 spiro atoms. The number of phenols is 1. The molecule has 22 heavy (non-hydrogen) atoms. The van der Waals surface area contributed by atoms with E-state index in [1.165, 1.54) is 0 Å². The Hall–Kier alpha value is -2.36. The highest BCUT2D eigenvalue weighted by Gasteiger charge is 2.36. The van der Waals surface area contributed by atoms with E-state index in [1.54, 1.807) is 24.4 Å². The fourth-order valence-electron chi connectivity index (χ4n) is 2.80. The number of carbonyl (C=O) groups excluding carboxylic acids is 1. The first kappa shape index (κ1) is 14.6. The third-order valence-corrected chi connectivity index (χ3v) is 4.08. The molecule has 1 heterocycles. The van der Waals surface area contributed by atoms with Gasteiger partial charge in [-0.3, -0.25) is 9.78 Å². The van der Waals surface area contributed by atoms with Gasteiger partial charge in [0.2, 0.25) is 5.91 Å². The van der Waals surface area contributed by atoms with E-state index in [1.807, 2.05) is 29.3 Å². The molecule has 3 rings (SSSR count). The maximum absolute atomic E-state index is 12.7. The van der Waals surface area contributed by atoms with Gasteiger partial charge in [0.25, 0.3) is 0 Å². The number of phenolic OH excluding ortho intramolecular Hbond substituents is 1. The van der Waals surface area contributed by atoms with Crippen LogP contribution in [0, 0.1) is 0 Å². The molecule has 1 fully saturated rings. The van der Waals surface area contributed by atoms with E-state index in [9.17, 15) is 9.90 Å². The van der Waals surface area contributed by atoms with Gasteiger partial charge in [-0.15, -0.1) is 0 Å². The van der Waals surface area contributed by atoms with Gasteiger partial charge in [-0.05, 0) is 49.1 Å². The van der Waals surface area contributed by atoms with Crippen molar-refractivity contribution in [2.45, 2.75) is 38.3 Å². The summed E-state index contributed by atoms with van der Waals surface area (Å²) in [6.07, 6.45) is 6.01. The van der Waals surface area contributed by atoms with Crippen LogP contribution in [0.25, 0.3) is 0 Å². The lowest BCUT2D eigenvalue weighted by atomic mass is 10.1. The summed E-state index contributed by atoms with van der Waals surface area (Å²) in [5.74, 6) is 0.299. The minimum absolute atomic E-state index is 0.0195. The van der Waals surface area contributed by atoms with Gasteiger partial charge in [0.05, 0.1) is 12.5 Å². The number of amides is 1. The van der Waals surface area contributed by atoms with Crippen molar-refractivity contribution in [3.63, 3.8) is 0 Å². The number of benzene rings is 1. The zero-order valence-electron chi connectivity index (χ0n) is 12.6. The molecule has 0 unspecified atom stereocenters. The quantitative estimate of drug-likeness (QED) is 0.922. The third kappa shape index (κ3) is 3.27. The zero-order valence-corrected chi connectivity index (χ0v) is 12.6. The van der Waals surface area contributed by atoms with Crippen LogP contribution in [-0.2, 0) is 11.2 Å². The van der Waals surface area contributed by atoms with E-state index in [0.29, 0.717) is 12.5 Å². The number of hydrogen-bond acceptors (Lipinski definition) is 3. The maximum atomic E-state index is 12.7. The molecule has 1 aliphatic rings. The van der Waals surface area contributed by atoms with Crippen molar-refractivity contribution < 1.29 is 9.90 Å². The van der Waals surface area contributed by atoms with Crippen LogP contribution in [0.2, 0.25) is 0 Å². The van der Waals surface area contributed by atoms with E-state index < -0.39 is 0 Å². The number of pyridine rings is 1. The molecular formula is C18H20N2O2. The molecule has 1 N–H and O–H groups in total. The predicted octanol–water partition coefficient (Wildman–Crippen LogP) is 3.08. The summed E-state index contributed by atoms with van der Waals surface area (Å²) in [5.41, 5.74) is 1.90. The molecule has 0 saturated heterocycles. The molecule has 1 saturated carbocycles. The lowest BCUT2D eigenvalue weighted by molar-refractivity contribution is -0.133. The standard InChI is InChI=1S/C18H20N2O2/c1-13(15-5-3-9-19-12-15)20(16-7-8-16)18(22)11-14-4-2-6-17(21)10-14/h2-6,9-10,12-13,16,21H,7-8,11H2,1H3/t13-/m0/s1. The summed E-state index contributed by atoms with van der Waals surface area (Å²) >= 11 is 0. The van der Waals surface area contributed by atoms with Crippen LogP contribution < -0.4 is 0 Å². The molecule has 0 aliphatic heterocycles. The Balaban J connectivity index is 1.77. The number of nitrogens with zero attached hydrogens (tertiary/aromatic N) is 2. The van der Waals surface area contributed by atoms with E-state index in [2.05, 4.69) is 11.9 Å². The van der Waals surface area contributed by atoms with Crippen molar-refractivity contribution in [2.75, 3.05) is 0 Å². The van der Waals surface area contributed by atoms with Gasteiger partial charge in [0, 0.05) is 18.4 Å². The molecular weight excluding hydrogens is 276 g/mol. The molecule has 1 atom stereocenters. The largest absolute Gasteiger partial charge is 0.508 e. The number of carbonyl (C=O) groups is 1. The Morgan fingerprint density at radius 1 is 1.36 bits per heavy atom. The topological polar surface area (TPSA) is 53.4 Å². The van der Waals surface area contributed by atoms with Crippen LogP contribution in [0.3, 0.4) is 0 Å². The summed E-state index contributed by atoms with van der Waals surface area (Å²) in [5, 5.41) is 9.54. The average molecular weight is 296 g/mol. The first-order valence-electron chi connectivity index (χ1n) is 7.64. The number of hydrogen-bond donors (Lipinski definition) is 1. The normalized spacial score (nSPS) is 15.3. The Labute approximate surface area is 130 Å². The molecule has 1 aliphatic carbocycles. The third-order valence-electron chi connectivity index (χ3n) is 4.08. The zero-order chi connectivity index (χ0) is 15.5. The van der Waals surface area contributed by atoms with Crippen LogP contribution in [-0.4, -0.2) is 26.9 Å². The van der Waals surface area contributed by atoms with Gasteiger partial charge in [0.15, 0.2) is 0 Å². The molecule has 1 aromatic heterocycles. The van der Waals surface area contributed by atoms with Crippen molar-refractivity contribution in [3.8, 4) is 5.75 Å². The Bertz CT molecular complexity index is 653. The van der Waals surface area contributed by atoms with Crippen molar-refractivity contribution >= 4 is 5.91 Å². The van der Waals surface area contributed by atoms with E-state index in [-0.39, 0.29) is 17.7 Å². The highest BCUT2D eigenvalue weighted by molar-refractivity contribution is 5.80. The Kier molecular flexibility index (Phi) is 4.09. The van der Waals surface area contributed by atoms with Crippen molar-refractivity contribution in [3.05, 3.63) is 59.9 Å². The van der Waals surface area contributed by atoms with Gasteiger partial charge in [0.1, 0.15) is 5.75 Å². The van der Waals surface area contributed by atoms with Gasteiger partial charge < -0.3 is 10.0 Å². The highest BCUT2D eigenvalue weighted by atomic mass is 16.3. The number of rotatable bonds is 5. The van der Waals surface area contributed by atoms with Crippen LogP contribution in [0.5, 0.6) is 5.75 Å². The second-order valence-electron chi connectivity index (χ2n) is 5.84. The van der Waals surface area contributed by atoms with Gasteiger partial charge in [-0.1, -0.05) is 18.2 Å². The van der Waals surface area contributed by atoms with Crippen molar-refractivity contribution in [1.82, 2.24) is 9.88 Å². The second-order valence-corrected chi connectivity index (χ2v) is 5.84. The minimum atomic E-state index is 0.0195. The summed E-state index contributed by atoms with van der Waals surface area (Å²) in [6, 6.07) is 11.2. The minimum Gasteiger partial charge on any atom is -0.508 e. The second kappa shape index (κ2) is 6.18.